The number of hydrogen-bond donors (Lipinski definition) is 3. The van der Waals surface area contributed by atoms with Crippen molar-refractivity contribution in [1.82, 2.24) is 16.0 Å². The number of methoxy groups -OCH3 is 1. The van der Waals surface area contributed by atoms with E-state index in [2.05, 4.69) is 16.0 Å². The zero-order valence-corrected chi connectivity index (χ0v) is 16.3. The third-order valence-electron chi connectivity index (χ3n) is 4.76. The minimum Gasteiger partial charge on any atom is -0.493 e. The standard InChI is InChI=1S/C20H31N3O4/c1-21-19(24)14-27-17-10-9-15(13-18(17)26-2)20(25)23-12-11-22-16-7-5-3-4-6-8-16/h9-10,13,16,22H,3-8,11-12,14H2,1-2H3,(H,21,24)(H,23,25). The van der Waals surface area contributed by atoms with Gasteiger partial charge >= 0.3 is 0 Å². The van der Waals surface area contributed by atoms with E-state index in [1.807, 2.05) is 0 Å². The Balaban J connectivity index is 1.80. The Morgan fingerprint density at radius 2 is 1.81 bits per heavy atom. The van der Waals surface area contributed by atoms with E-state index in [4.69, 9.17) is 9.47 Å². The number of amides is 2. The van der Waals surface area contributed by atoms with E-state index in [0.717, 1.165) is 6.54 Å². The molecule has 0 aromatic heterocycles. The van der Waals surface area contributed by atoms with Crippen molar-refractivity contribution in [3.63, 3.8) is 0 Å². The minimum atomic E-state index is -0.236. The Labute approximate surface area is 161 Å². The fourth-order valence-corrected chi connectivity index (χ4v) is 3.18. The van der Waals surface area contributed by atoms with Crippen molar-refractivity contribution in [3.8, 4) is 11.5 Å². The molecule has 0 atom stereocenters. The van der Waals surface area contributed by atoms with E-state index < -0.39 is 0 Å². The Bertz CT molecular complexity index is 613. The van der Waals surface area contributed by atoms with Crippen molar-refractivity contribution in [2.24, 2.45) is 0 Å². The summed E-state index contributed by atoms with van der Waals surface area (Å²) in [5.41, 5.74) is 0.494. The Morgan fingerprint density at radius 3 is 2.48 bits per heavy atom. The summed E-state index contributed by atoms with van der Waals surface area (Å²) in [6, 6.07) is 5.49. The van der Waals surface area contributed by atoms with E-state index in [-0.39, 0.29) is 18.4 Å². The highest BCUT2D eigenvalue weighted by atomic mass is 16.5. The molecular formula is C20H31N3O4. The van der Waals surface area contributed by atoms with E-state index >= 15 is 0 Å². The summed E-state index contributed by atoms with van der Waals surface area (Å²) in [6.07, 6.45) is 7.70. The van der Waals surface area contributed by atoms with Gasteiger partial charge in [0.05, 0.1) is 7.11 Å². The monoisotopic (exact) mass is 377 g/mol. The van der Waals surface area contributed by atoms with Gasteiger partial charge in [-0.3, -0.25) is 9.59 Å². The second kappa shape index (κ2) is 11.4. The molecule has 1 aliphatic rings. The summed E-state index contributed by atoms with van der Waals surface area (Å²) in [6.45, 7) is 1.23. The van der Waals surface area contributed by atoms with Crippen LogP contribution in [-0.2, 0) is 4.79 Å². The van der Waals surface area contributed by atoms with Crippen LogP contribution >= 0.6 is 0 Å². The number of benzene rings is 1. The molecule has 0 spiro atoms. The molecule has 0 unspecified atom stereocenters. The molecule has 1 fully saturated rings. The SMILES string of the molecule is CNC(=O)COc1ccc(C(=O)NCCNC2CCCCCC2)cc1OC. The van der Waals surface area contributed by atoms with Gasteiger partial charge in [0.1, 0.15) is 0 Å². The van der Waals surface area contributed by atoms with Gasteiger partial charge in [0.25, 0.3) is 11.8 Å². The maximum absolute atomic E-state index is 12.3. The summed E-state index contributed by atoms with van der Waals surface area (Å²) < 4.78 is 10.7. The molecule has 27 heavy (non-hydrogen) atoms. The van der Waals surface area contributed by atoms with Gasteiger partial charge in [-0.05, 0) is 31.0 Å². The van der Waals surface area contributed by atoms with Crippen LogP contribution in [0.2, 0.25) is 0 Å². The number of ether oxygens (including phenoxy) is 2. The molecule has 0 saturated heterocycles. The number of likely N-dealkylation sites (N-methyl/N-ethyl adjacent to an activating group) is 1. The average molecular weight is 377 g/mol. The highest BCUT2D eigenvalue weighted by Crippen LogP contribution is 2.28. The zero-order chi connectivity index (χ0) is 19.5. The topological polar surface area (TPSA) is 88.7 Å². The largest absolute Gasteiger partial charge is 0.493 e. The lowest BCUT2D eigenvalue weighted by Gasteiger charge is -2.16. The summed E-state index contributed by atoms with van der Waals surface area (Å²) in [4.78, 5) is 23.6. The van der Waals surface area contributed by atoms with Gasteiger partial charge in [-0.15, -0.1) is 0 Å². The zero-order valence-electron chi connectivity index (χ0n) is 16.3. The third-order valence-corrected chi connectivity index (χ3v) is 4.76. The molecule has 3 N–H and O–H groups in total. The maximum atomic E-state index is 12.3. The lowest BCUT2D eigenvalue weighted by molar-refractivity contribution is -0.122. The van der Waals surface area contributed by atoms with Gasteiger partial charge in [-0.1, -0.05) is 25.7 Å². The molecule has 150 valence electrons. The molecule has 7 heteroatoms. The molecule has 1 aromatic carbocycles. The first-order valence-electron chi connectivity index (χ1n) is 9.67. The van der Waals surface area contributed by atoms with Gasteiger partial charge in [0.2, 0.25) is 0 Å². The van der Waals surface area contributed by atoms with Crippen LogP contribution in [0, 0.1) is 0 Å². The number of rotatable bonds is 9. The third kappa shape index (κ3) is 7.09. The van der Waals surface area contributed by atoms with Crippen molar-refractivity contribution in [2.45, 2.75) is 44.6 Å². The molecule has 1 saturated carbocycles. The van der Waals surface area contributed by atoms with Crippen molar-refractivity contribution in [2.75, 3.05) is 33.9 Å². The van der Waals surface area contributed by atoms with Crippen LogP contribution in [0.3, 0.4) is 0 Å². The normalized spacial score (nSPS) is 14.9. The van der Waals surface area contributed by atoms with E-state index in [9.17, 15) is 9.59 Å². The van der Waals surface area contributed by atoms with Crippen LogP contribution in [0.25, 0.3) is 0 Å². The van der Waals surface area contributed by atoms with Crippen LogP contribution in [-0.4, -0.2) is 51.7 Å². The van der Waals surface area contributed by atoms with E-state index in [0.29, 0.717) is 29.6 Å². The van der Waals surface area contributed by atoms with Crippen molar-refractivity contribution >= 4 is 11.8 Å². The Kier molecular flexibility index (Phi) is 8.91. The number of carbonyl (C=O) groups is 2. The molecule has 7 nitrogen and oxygen atoms in total. The van der Waals surface area contributed by atoms with E-state index in [1.165, 1.54) is 45.6 Å². The first kappa shape index (κ1) is 21.0. The van der Waals surface area contributed by atoms with Crippen LogP contribution < -0.4 is 25.4 Å². The molecule has 2 amide bonds. The molecule has 0 heterocycles. The maximum Gasteiger partial charge on any atom is 0.257 e. The van der Waals surface area contributed by atoms with Crippen LogP contribution in [0.1, 0.15) is 48.9 Å². The first-order valence-corrected chi connectivity index (χ1v) is 9.67. The van der Waals surface area contributed by atoms with Crippen molar-refractivity contribution in [1.29, 1.82) is 0 Å². The lowest BCUT2D eigenvalue weighted by atomic mass is 10.1. The van der Waals surface area contributed by atoms with Gasteiger partial charge in [-0.2, -0.15) is 0 Å². The van der Waals surface area contributed by atoms with Crippen molar-refractivity contribution < 1.29 is 19.1 Å². The number of nitrogens with one attached hydrogen (secondary N) is 3. The van der Waals surface area contributed by atoms with Crippen LogP contribution in [0.15, 0.2) is 18.2 Å². The molecule has 0 bridgehead atoms. The Hall–Kier alpha value is -2.28. The molecule has 1 aromatic rings. The van der Waals surface area contributed by atoms with Crippen molar-refractivity contribution in [3.05, 3.63) is 23.8 Å². The lowest BCUT2D eigenvalue weighted by Crippen LogP contribution is -2.36. The quantitative estimate of drug-likeness (QED) is 0.452. The predicted molar refractivity (Wildman–Crippen MR) is 104 cm³/mol. The summed E-state index contributed by atoms with van der Waals surface area (Å²) in [7, 11) is 3.04. The molecule has 2 rings (SSSR count). The molecule has 0 radical (unpaired) electrons. The second-order valence-corrected chi connectivity index (χ2v) is 6.73. The molecular weight excluding hydrogens is 346 g/mol. The fraction of sp³-hybridized carbons (Fsp3) is 0.600. The average Bonchev–Trinajstić information content (AvgIpc) is 2.97. The summed E-state index contributed by atoms with van der Waals surface area (Å²) >= 11 is 0. The van der Waals surface area contributed by atoms with E-state index in [1.54, 1.807) is 25.2 Å². The highest BCUT2D eigenvalue weighted by molar-refractivity contribution is 5.94. The van der Waals surface area contributed by atoms with Gasteiger partial charge in [0.15, 0.2) is 18.1 Å². The van der Waals surface area contributed by atoms with Crippen LogP contribution in [0.4, 0.5) is 0 Å². The van der Waals surface area contributed by atoms with Crippen LogP contribution in [0.5, 0.6) is 11.5 Å². The minimum absolute atomic E-state index is 0.106. The first-order chi connectivity index (χ1) is 13.1. The Morgan fingerprint density at radius 1 is 1.07 bits per heavy atom. The molecule has 1 aliphatic carbocycles. The molecule has 0 aliphatic heterocycles. The number of carbonyl (C=O) groups excluding carboxylic acids is 2. The smallest absolute Gasteiger partial charge is 0.257 e. The highest BCUT2D eigenvalue weighted by Gasteiger charge is 2.13. The fourth-order valence-electron chi connectivity index (χ4n) is 3.18. The van der Waals surface area contributed by atoms with Gasteiger partial charge in [0, 0.05) is 31.7 Å². The number of hydrogen-bond acceptors (Lipinski definition) is 5. The summed E-state index contributed by atoms with van der Waals surface area (Å²) in [5, 5.41) is 8.94. The van der Waals surface area contributed by atoms with Gasteiger partial charge < -0.3 is 25.4 Å². The predicted octanol–water partition coefficient (Wildman–Crippen LogP) is 1.86. The summed E-state index contributed by atoms with van der Waals surface area (Å²) in [5.74, 6) is 0.449. The van der Waals surface area contributed by atoms with Gasteiger partial charge in [-0.25, -0.2) is 0 Å². The second-order valence-electron chi connectivity index (χ2n) is 6.73.